The van der Waals surface area contributed by atoms with E-state index in [-0.39, 0.29) is 5.50 Å². The Balaban J connectivity index is 2.59. The average molecular weight is 150 g/mol. The Bertz CT molecular complexity index is 139. The first-order valence-corrected chi connectivity index (χ1v) is 3.05. The van der Waals surface area contributed by atoms with E-state index in [4.69, 9.17) is 23.2 Å². The summed E-state index contributed by atoms with van der Waals surface area (Å²) in [4.78, 5) is 0. The molecule has 0 saturated heterocycles. The van der Waals surface area contributed by atoms with Crippen molar-refractivity contribution in [3.63, 3.8) is 0 Å². The maximum Gasteiger partial charge on any atom is 0.121 e. The van der Waals surface area contributed by atoms with Gasteiger partial charge in [-0.3, -0.25) is 0 Å². The lowest BCUT2D eigenvalue weighted by atomic mass is 10.4. The third kappa shape index (κ3) is 1.42. The van der Waals surface area contributed by atoms with Crippen molar-refractivity contribution in [1.82, 2.24) is 5.32 Å². The van der Waals surface area contributed by atoms with E-state index in [1.807, 2.05) is 12.2 Å². The van der Waals surface area contributed by atoms with Gasteiger partial charge in [-0.15, -0.1) is 0 Å². The summed E-state index contributed by atoms with van der Waals surface area (Å²) in [5, 5.41) is 3.37. The van der Waals surface area contributed by atoms with Crippen molar-refractivity contribution < 1.29 is 0 Å². The molecule has 0 radical (unpaired) electrons. The van der Waals surface area contributed by atoms with Crippen molar-refractivity contribution >= 4 is 23.2 Å². The summed E-state index contributed by atoms with van der Waals surface area (Å²) in [6.45, 7) is 0. The van der Waals surface area contributed by atoms with Crippen molar-refractivity contribution in [3.05, 3.63) is 23.4 Å². The van der Waals surface area contributed by atoms with Gasteiger partial charge >= 0.3 is 0 Å². The highest BCUT2D eigenvalue weighted by Gasteiger charge is 2.01. The summed E-state index contributed by atoms with van der Waals surface area (Å²) in [6.07, 6.45) is 5.38. The maximum atomic E-state index is 5.59. The first-order valence-electron chi connectivity index (χ1n) is 2.23. The minimum absolute atomic E-state index is 0.146. The first-order chi connectivity index (χ1) is 3.79. The van der Waals surface area contributed by atoms with Gasteiger partial charge in [-0.05, 0) is 12.2 Å². The van der Waals surface area contributed by atoms with Gasteiger partial charge in [0.1, 0.15) is 10.7 Å². The van der Waals surface area contributed by atoms with Crippen LogP contribution in [0.15, 0.2) is 23.4 Å². The van der Waals surface area contributed by atoms with E-state index in [9.17, 15) is 0 Å². The predicted molar refractivity (Wildman–Crippen MR) is 35.9 cm³/mol. The molecule has 1 heterocycles. The number of rotatable bonds is 0. The van der Waals surface area contributed by atoms with Gasteiger partial charge in [-0.1, -0.05) is 29.3 Å². The number of nitrogens with one attached hydrogen (secondary N) is 1. The Morgan fingerprint density at radius 2 is 2.38 bits per heavy atom. The molecule has 1 aliphatic rings. The zero-order valence-electron chi connectivity index (χ0n) is 4.07. The molecule has 0 aromatic carbocycles. The quantitative estimate of drug-likeness (QED) is 0.410. The molecule has 1 nitrogen and oxygen atoms in total. The molecule has 1 aliphatic heterocycles. The largest absolute Gasteiger partial charge is 0.357 e. The van der Waals surface area contributed by atoms with Gasteiger partial charge in [0.2, 0.25) is 0 Å². The Morgan fingerprint density at radius 1 is 1.62 bits per heavy atom. The van der Waals surface area contributed by atoms with E-state index in [2.05, 4.69) is 5.32 Å². The SMILES string of the molecule is ClC1=CC=CC(Cl)N1. The number of alkyl halides is 1. The summed E-state index contributed by atoms with van der Waals surface area (Å²) in [5.74, 6) is 0. The summed E-state index contributed by atoms with van der Waals surface area (Å²) < 4.78 is 0. The van der Waals surface area contributed by atoms with Crippen LogP contribution in [0, 0.1) is 0 Å². The summed E-state index contributed by atoms with van der Waals surface area (Å²) in [7, 11) is 0. The van der Waals surface area contributed by atoms with Crippen LogP contribution in [0.25, 0.3) is 0 Å². The monoisotopic (exact) mass is 149 g/mol. The topological polar surface area (TPSA) is 12.0 Å². The third-order valence-electron chi connectivity index (χ3n) is 0.798. The molecule has 0 bridgehead atoms. The van der Waals surface area contributed by atoms with Crippen LogP contribution in [0.5, 0.6) is 0 Å². The summed E-state index contributed by atoms with van der Waals surface area (Å²) >= 11 is 11.1. The molecule has 1 N–H and O–H groups in total. The van der Waals surface area contributed by atoms with E-state index in [0.717, 1.165) is 0 Å². The molecule has 44 valence electrons. The van der Waals surface area contributed by atoms with Crippen molar-refractivity contribution in [2.24, 2.45) is 0 Å². The molecule has 0 saturated carbocycles. The fourth-order valence-electron chi connectivity index (χ4n) is 0.466. The Kier molecular flexibility index (Phi) is 1.81. The highest BCUT2D eigenvalue weighted by molar-refractivity contribution is 6.30. The second kappa shape index (κ2) is 2.42. The lowest BCUT2D eigenvalue weighted by molar-refractivity contribution is 0.883. The standard InChI is InChI=1S/C5H5Cl2N/c6-4-2-1-3-5(7)8-4/h1-4,8H. The minimum atomic E-state index is -0.146. The number of hydrogen-bond acceptors (Lipinski definition) is 1. The van der Waals surface area contributed by atoms with Gasteiger partial charge in [-0.25, -0.2) is 0 Å². The zero-order chi connectivity index (χ0) is 5.98. The predicted octanol–water partition coefficient (Wildman–Crippen LogP) is 1.79. The van der Waals surface area contributed by atoms with E-state index in [0.29, 0.717) is 5.16 Å². The zero-order valence-corrected chi connectivity index (χ0v) is 5.58. The van der Waals surface area contributed by atoms with Crippen LogP contribution < -0.4 is 5.32 Å². The molecule has 1 atom stereocenters. The van der Waals surface area contributed by atoms with E-state index in [1.54, 1.807) is 6.08 Å². The number of dihydropyridines is 1. The first kappa shape index (κ1) is 5.99. The molecule has 0 aromatic heterocycles. The maximum absolute atomic E-state index is 5.59. The van der Waals surface area contributed by atoms with Crippen molar-refractivity contribution in [3.8, 4) is 0 Å². The van der Waals surface area contributed by atoms with Crippen LogP contribution in [0.1, 0.15) is 0 Å². The molecule has 1 unspecified atom stereocenters. The van der Waals surface area contributed by atoms with Gasteiger partial charge in [0.25, 0.3) is 0 Å². The molecule has 0 amide bonds. The Labute approximate surface area is 58.0 Å². The van der Waals surface area contributed by atoms with Crippen LogP contribution >= 0.6 is 23.2 Å². The van der Waals surface area contributed by atoms with Crippen LogP contribution in [-0.4, -0.2) is 5.50 Å². The average Bonchev–Trinajstić information content (AvgIpc) is 1.64. The fraction of sp³-hybridized carbons (Fsp3) is 0.200. The Morgan fingerprint density at radius 3 is 2.75 bits per heavy atom. The van der Waals surface area contributed by atoms with Crippen LogP contribution in [0.4, 0.5) is 0 Å². The Hall–Kier alpha value is -0.140. The number of allylic oxidation sites excluding steroid dienone is 2. The molecule has 1 rings (SSSR count). The van der Waals surface area contributed by atoms with Gasteiger partial charge < -0.3 is 5.32 Å². The van der Waals surface area contributed by atoms with Gasteiger partial charge in [-0.2, -0.15) is 0 Å². The molecule has 0 aromatic rings. The van der Waals surface area contributed by atoms with Crippen LogP contribution in [0.2, 0.25) is 0 Å². The molecular formula is C5H5Cl2N. The summed E-state index contributed by atoms with van der Waals surface area (Å²) in [6, 6.07) is 0. The highest BCUT2D eigenvalue weighted by atomic mass is 35.5. The van der Waals surface area contributed by atoms with Gasteiger partial charge in [0, 0.05) is 0 Å². The van der Waals surface area contributed by atoms with Crippen molar-refractivity contribution in [1.29, 1.82) is 0 Å². The van der Waals surface area contributed by atoms with Crippen molar-refractivity contribution in [2.75, 3.05) is 0 Å². The number of halogens is 2. The summed E-state index contributed by atoms with van der Waals surface area (Å²) in [5.41, 5.74) is -0.146. The smallest absolute Gasteiger partial charge is 0.121 e. The molecule has 3 heteroatoms. The molecule has 0 aliphatic carbocycles. The second-order valence-electron chi connectivity index (χ2n) is 1.45. The van der Waals surface area contributed by atoms with Gasteiger partial charge in [0.05, 0.1) is 0 Å². The van der Waals surface area contributed by atoms with Crippen LogP contribution in [-0.2, 0) is 0 Å². The third-order valence-corrected chi connectivity index (χ3v) is 1.29. The lowest BCUT2D eigenvalue weighted by Gasteiger charge is -2.09. The van der Waals surface area contributed by atoms with Crippen LogP contribution in [0.3, 0.4) is 0 Å². The highest BCUT2D eigenvalue weighted by Crippen LogP contribution is 2.07. The minimum Gasteiger partial charge on any atom is -0.357 e. The number of hydrogen-bond donors (Lipinski definition) is 1. The lowest BCUT2D eigenvalue weighted by Crippen LogP contribution is -2.19. The normalized spacial score (nSPS) is 26.8. The van der Waals surface area contributed by atoms with Crippen molar-refractivity contribution in [2.45, 2.75) is 5.50 Å². The second-order valence-corrected chi connectivity index (χ2v) is 2.32. The molecule has 8 heavy (non-hydrogen) atoms. The van der Waals surface area contributed by atoms with E-state index >= 15 is 0 Å². The molecular weight excluding hydrogens is 145 g/mol. The van der Waals surface area contributed by atoms with E-state index in [1.165, 1.54) is 0 Å². The van der Waals surface area contributed by atoms with E-state index < -0.39 is 0 Å². The van der Waals surface area contributed by atoms with Gasteiger partial charge in [0.15, 0.2) is 0 Å². The molecule has 0 spiro atoms. The molecule has 0 fully saturated rings. The fourth-order valence-corrected chi connectivity index (χ4v) is 0.913.